The van der Waals surface area contributed by atoms with Crippen LogP contribution in [0, 0.1) is 5.41 Å². The van der Waals surface area contributed by atoms with E-state index in [1.54, 1.807) is 0 Å². The first-order valence-corrected chi connectivity index (χ1v) is 5.47. The van der Waals surface area contributed by atoms with Crippen LogP contribution in [0.25, 0.3) is 0 Å². The van der Waals surface area contributed by atoms with Crippen LogP contribution in [0.15, 0.2) is 0 Å². The number of ether oxygens (including phenoxy) is 1. The average Bonchev–Trinajstić information content (AvgIpc) is 2.40. The lowest BCUT2D eigenvalue weighted by molar-refractivity contribution is 0.0101. The van der Waals surface area contributed by atoms with Gasteiger partial charge in [-0.15, -0.1) is 0 Å². The summed E-state index contributed by atoms with van der Waals surface area (Å²) in [7, 11) is 0. The first-order chi connectivity index (χ1) is 4.74. The summed E-state index contributed by atoms with van der Waals surface area (Å²) in [6.07, 6.45) is 3.98. The fourth-order valence-electron chi connectivity index (χ4n) is 2.31. The second kappa shape index (κ2) is 2.09. The van der Waals surface area contributed by atoms with Crippen LogP contribution in [0.5, 0.6) is 0 Å². The summed E-state index contributed by atoms with van der Waals surface area (Å²) < 4.78 is 6.94. The van der Waals surface area contributed by atoms with Crippen molar-refractivity contribution < 1.29 is 4.74 Å². The van der Waals surface area contributed by atoms with Crippen LogP contribution >= 0.6 is 22.6 Å². The number of alkyl halides is 1. The molecule has 3 fully saturated rings. The van der Waals surface area contributed by atoms with Crippen molar-refractivity contribution in [3.63, 3.8) is 0 Å². The topological polar surface area (TPSA) is 9.23 Å². The van der Waals surface area contributed by atoms with E-state index in [0.29, 0.717) is 11.0 Å². The number of hydrogen-bond donors (Lipinski definition) is 0. The molecule has 2 aliphatic heterocycles. The van der Waals surface area contributed by atoms with Gasteiger partial charge in [0.1, 0.15) is 0 Å². The lowest BCUT2D eigenvalue weighted by atomic mass is 9.62. The molecule has 0 radical (unpaired) electrons. The minimum absolute atomic E-state index is 0.330. The molecule has 0 amide bonds. The molecule has 3 rings (SSSR count). The monoisotopic (exact) mass is 252 g/mol. The van der Waals surface area contributed by atoms with Crippen LogP contribution in [0.1, 0.15) is 26.2 Å². The molecule has 2 saturated heterocycles. The molecule has 10 heavy (non-hydrogen) atoms. The van der Waals surface area contributed by atoms with Gasteiger partial charge in [-0.1, -0.05) is 29.5 Å². The molecule has 2 heteroatoms. The maximum Gasteiger partial charge on any atom is 0.0784 e. The summed E-state index contributed by atoms with van der Waals surface area (Å²) in [6, 6.07) is 0. The molecule has 2 heterocycles. The van der Waals surface area contributed by atoms with Crippen LogP contribution in [-0.2, 0) is 4.74 Å². The van der Waals surface area contributed by atoms with Gasteiger partial charge in [-0.2, -0.15) is 0 Å². The Hall–Kier alpha value is 0.690. The molecule has 0 unspecified atom stereocenters. The highest BCUT2D eigenvalue weighted by molar-refractivity contribution is 14.1. The normalized spacial score (nSPS) is 51.0. The Balaban J connectivity index is 2.06. The first-order valence-electron chi connectivity index (χ1n) is 3.94. The molecule has 1 aliphatic carbocycles. The van der Waals surface area contributed by atoms with Crippen molar-refractivity contribution in [2.45, 2.75) is 31.8 Å². The van der Waals surface area contributed by atoms with Crippen molar-refractivity contribution >= 4 is 22.6 Å². The van der Waals surface area contributed by atoms with Gasteiger partial charge in [-0.05, 0) is 24.7 Å². The van der Waals surface area contributed by atoms with Gasteiger partial charge in [0.05, 0.1) is 12.2 Å². The highest BCUT2D eigenvalue weighted by atomic mass is 127. The molecule has 0 atom stereocenters. The van der Waals surface area contributed by atoms with Gasteiger partial charge in [0.15, 0.2) is 0 Å². The third kappa shape index (κ3) is 0.779. The van der Waals surface area contributed by atoms with Gasteiger partial charge in [0.25, 0.3) is 0 Å². The smallest absolute Gasteiger partial charge is 0.0784 e. The first kappa shape index (κ1) is 7.35. The van der Waals surface area contributed by atoms with Gasteiger partial charge in [-0.3, -0.25) is 0 Å². The predicted octanol–water partition coefficient (Wildman–Crippen LogP) is 2.38. The Kier molecular flexibility index (Phi) is 1.54. The quantitative estimate of drug-likeness (QED) is 0.541. The summed E-state index contributed by atoms with van der Waals surface area (Å²) in [6.45, 7) is 3.32. The van der Waals surface area contributed by atoms with Gasteiger partial charge < -0.3 is 4.74 Å². The van der Waals surface area contributed by atoms with Crippen molar-refractivity contribution in [1.82, 2.24) is 0 Å². The highest BCUT2D eigenvalue weighted by Crippen LogP contribution is 2.60. The zero-order valence-corrected chi connectivity index (χ0v) is 8.48. The van der Waals surface area contributed by atoms with Crippen LogP contribution < -0.4 is 0 Å². The predicted molar refractivity (Wildman–Crippen MR) is 49.5 cm³/mol. The van der Waals surface area contributed by atoms with Gasteiger partial charge in [0, 0.05) is 4.43 Å². The van der Waals surface area contributed by atoms with Crippen LogP contribution in [0.3, 0.4) is 0 Å². The number of hydrogen-bond acceptors (Lipinski definition) is 1. The Morgan fingerprint density at radius 1 is 1.50 bits per heavy atom. The van der Waals surface area contributed by atoms with Gasteiger partial charge in [0.2, 0.25) is 0 Å². The van der Waals surface area contributed by atoms with E-state index in [9.17, 15) is 0 Å². The highest BCUT2D eigenvalue weighted by Gasteiger charge is 2.60. The molecule has 0 aromatic carbocycles. The summed E-state index contributed by atoms with van der Waals surface area (Å²) in [4.78, 5) is 0. The Morgan fingerprint density at radius 2 is 2.20 bits per heavy atom. The summed E-state index contributed by atoms with van der Waals surface area (Å²) >= 11 is 2.44. The number of fused-ring (bicyclic) bond motifs is 1. The minimum Gasteiger partial charge on any atom is -0.374 e. The van der Waals surface area contributed by atoms with E-state index in [2.05, 4.69) is 29.5 Å². The number of halogens is 1. The van der Waals surface area contributed by atoms with E-state index < -0.39 is 0 Å². The minimum atomic E-state index is 0.330. The van der Waals surface area contributed by atoms with E-state index in [1.807, 2.05) is 0 Å². The second-order valence-corrected chi connectivity index (χ2v) is 4.58. The third-order valence-electron chi connectivity index (χ3n) is 3.07. The molecular weight excluding hydrogens is 239 g/mol. The van der Waals surface area contributed by atoms with E-state index in [1.165, 1.54) is 23.7 Å². The molecule has 2 bridgehead atoms. The fraction of sp³-hybridized carbons (Fsp3) is 1.00. The molecule has 0 spiro atoms. The maximum atomic E-state index is 5.75. The second-order valence-electron chi connectivity index (χ2n) is 3.81. The van der Waals surface area contributed by atoms with Gasteiger partial charge >= 0.3 is 0 Å². The van der Waals surface area contributed by atoms with E-state index in [4.69, 9.17) is 4.74 Å². The Bertz CT molecular complexity index is 133. The van der Waals surface area contributed by atoms with Gasteiger partial charge in [-0.25, -0.2) is 0 Å². The summed E-state index contributed by atoms with van der Waals surface area (Å²) in [5, 5.41) is 0. The Labute approximate surface area is 75.7 Å². The van der Waals surface area contributed by atoms with Crippen molar-refractivity contribution in [1.29, 1.82) is 0 Å². The van der Waals surface area contributed by atoms with Crippen LogP contribution in [-0.4, -0.2) is 16.6 Å². The molecular formula is C8H13IO. The SMILES string of the molecule is CCC12COC(CI)(C1)C2. The molecule has 0 aromatic heterocycles. The lowest BCUT2D eigenvalue weighted by Crippen LogP contribution is -2.44. The summed E-state index contributed by atoms with van der Waals surface area (Å²) in [5.74, 6) is 0. The molecule has 1 nitrogen and oxygen atoms in total. The summed E-state index contributed by atoms with van der Waals surface area (Å²) in [5.41, 5.74) is 0.946. The molecule has 0 N–H and O–H groups in total. The van der Waals surface area contributed by atoms with Crippen molar-refractivity contribution in [3.8, 4) is 0 Å². The van der Waals surface area contributed by atoms with E-state index in [0.717, 1.165) is 6.61 Å². The van der Waals surface area contributed by atoms with Crippen LogP contribution in [0.2, 0.25) is 0 Å². The average molecular weight is 252 g/mol. The van der Waals surface area contributed by atoms with Crippen molar-refractivity contribution in [2.75, 3.05) is 11.0 Å². The Morgan fingerprint density at radius 3 is 2.50 bits per heavy atom. The third-order valence-corrected chi connectivity index (χ3v) is 4.46. The molecule has 58 valence electrons. The molecule has 3 aliphatic rings. The van der Waals surface area contributed by atoms with E-state index >= 15 is 0 Å². The largest absolute Gasteiger partial charge is 0.374 e. The number of rotatable bonds is 2. The van der Waals surface area contributed by atoms with Crippen molar-refractivity contribution in [3.05, 3.63) is 0 Å². The lowest BCUT2D eigenvalue weighted by Gasteiger charge is -2.43. The standard InChI is InChI=1S/C8H13IO/c1-2-7-3-8(4-7,5-9)10-6-7/h2-6H2,1H3. The maximum absolute atomic E-state index is 5.75. The van der Waals surface area contributed by atoms with Crippen molar-refractivity contribution in [2.24, 2.45) is 5.41 Å². The molecule has 1 saturated carbocycles. The zero-order chi connectivity index (χ0) is 7.24. The van der Waals surface area contributed by atoms with E-state index in [-0.39, 0.29) is 0 Å². The fourth-order valence-corrected chi connectivity index (χ4v) is 3.07. The van der Waals surface area contributed by atoms with Crippen LogP contribution in [0.4, 0.5) is 0 Å². The zero-order valence-electron chi connectivity index (χ0n) is 6.32. The molecule has 0 aromatic rings.